The van der Waals surface area contributed by atoms with Crippen LogP contribution in [0.15, 0.2) is 54.6 Å². The molecule has 0 heterocycles. The third kappa shape index (κ3) is 5.01. The van der Waals surface area contributed by atoms with E-state index in [1.165, 1.54) is 24.3 Å². The summed E-state index contributed by atoms with van der Waals surface area (Å²) < 4.78 is 5.22. The molecular weight excluding hydrogens is 336 g/mol. The van der Waals surface area contributed by atoms with Crippen molar-refractivity contribution in [2.24, 2.45) is 5.73 Å². The number of carboxylic acid groups (broad SMARTS) is 1. The zero-order valence-corrected chi connectivity index (χ0v) is 13.8. The van der Waals surface area contributed by atoms with Crippen LogP contribution in [0.4, 0.5) is 0 Å². The van der Waals surface area contributed by atoms with E-state index in [2.05, 4.69) is 0 Å². The Hall–Kier alpha value is -3.48. The number of carboxylic acids is 1. The molecule has 26 heavy (non-hydrogen) atoms. The average Bonchev–Trinajstić information content (AvgIpc) is 2.64. The second-order valence-corrected chi connectivity index (χ2v) is 5.53. The van der Waals surface area contributed by atoms with E-state index in [4.69, 9.17) is 15.9 Å². The first kappa shape index (κ1) is 18.9. The van der Waals surface area contributed by atoms with Crippen molar-refractivity contribution in [1.82, 2.24) is 0 Å². The summed E-state index contributed by atoms with van der Waals surface area (Å²) in [5.74, 6) is -2.24. The monoisotopic (exact) mass is 354 g/mol. The normalized spacial score (nSPS) is 11.4. The maximum absolute atomic E-state index is 12.2. The highest BCUT2D eigenvalue weighted by atomic mass is 16.5. The van der Waals surface area contributed by atoms with Crippen molar-refractivity contribution in [3.8, 4) is 5.75 Å². The van der Waals surface area contributed by atoms with E-state index in [0.717, 1.165) is 0 Å². The van der Waals surface area contributed by atoms with Crippen molar-refractivity contribution < 1.29 is 24.2 Å². The number of rotatable bonds is 9. The summed E-state index contributed by atoms with van der Waals surface area (Å²) in [6.45, 7) is 0. The molecule has 0 aliphatic heterocycles. The summed E-state index contributed by atoms with van der Waals surface area (Å²) in [5.41, 5.74) is 6.19. The van der Waals surface area contributed by atoms with Crippen molar-refractivity contribution >= 4 is 23.4 Å². The molecule has 0 amide bonds. The van der Waals surface area contributed by atoms with Crippen molar-refractivity contribution in [2.75, 3.05) is 0 Å². The second kappa shape index (κ2) is 8.57. The number of nitrogens with one attached hydrogen (secondary N) is 1. The highest BCUT2D eigenvalue weighted by molar-refractivity contribution is 6.05. The molecule has 134 valence electrons. The summed E-state index contributed by atoms with van der Waals surface area (Å²) >= 11 is 0. The minimum absolute atomic E-state index is 0.110. The summed E-state index contributed by atoms with van der Waals surface area (Å²) in [5, 5.41) is 16.5. The molecule has 0 saturated carbocycles. The van der Waals surface area contributed by atoms with Gasteiger partial charge in [-0.25, -0.2) is 4.79 Å². The zero-order chi connectivity index (χ0) is 19.1. The number of carbonyl (C=O) groups excluding carboxylic acids is 2. The van der Waals surface area contributed by atoms with E-state index in [-0.39, 0.29) is 30.2 Å². The number of hydrogen-bond acceptors (Lipinski definition) is 5. The standard InChI is InChI=1S/C19H18N2O5/c20-18(21)13-8-6-12(7-9-13)15(22)10-11-16(23)17(19(24)25)26-14-4-2-1-3-5-14/h1-9,17H,10-11H2,(H3,20,21)(H,24,25). The minimum atomic E-state index is -1.66. The van der Waals surface area contributed by atoms with Gasteiger partial charge in [0.1, 0.15) is 11.6 Å². The maximum Gasteiger partial charge on any atom is 0.352 e. The van der Waals surface area contributed by atoms with E-state index in [9.17, 15) is 19.5 Å². The number of carbonyl (C=O) groups is 3. The molecule has 7 heteroatoms. The number of ether oxygens (including phenoxy) is 1. The van der Waals surface area contributed by atoms with E-state index in [1.807, 2.05) is 0 Å². The number of aliphatic carboxylic acids is 1. The molecule has 7 nitrogen and oxygen atoms in total. The molecule has 2 rings (SSSR count). The lowest BCUT2D eigenvalue weighted by Crippen LogP contribution is -2.35. The van der Waals surface area contributed by atoms with Crippen LogP contribution in [-0.4, -0.2) is 34.6 Å². The van der Waals surface area contributed by atoms with Gasteiger partial charge in [0.15, 0.2) is 11.6 Å². The van der Waals surface area contributed by atoms with Crippen LogP contribution < -0.4 is 10.5 Å². The Balaban J connectivity index is 1.97. The molecule has 0 radical (unpaired) electrons. The van der Waals surface area contributed by atoms with Gasteiger partial charge in [0.05, 0.1) is 0 Å². The number of ketones is 2. The van der Waals surface area contributed by atoms with Gasteiger partial charge in [-0.1, -0.05) is 42.5 Å². The average molecular weight is 354 g/mol. The van der Waals surface area contributed by atoms with Crippen LogP contribution in [0.3, 0.4) is 0 Å². The van der Waals surface area contributed by atoms with Crippen molar-refractivity contribution in [1.29, 1.82) is 5.41 Å². The molecule has 0 spiro atoms. The Morgan fingerprint density at radius 3 is 2.08 bits per heavy atom. The first-order valence-corrected chi connectivity index (χ1v) is 7.83. The fourth-order valence-corrected chi connectivity index (χ4v) is 2.24. The minimum Gasteiger partial charge on any atom is -0.478 e. The summed E-state index contributed by atoms with van der Waals surface area (Å²) in [7, 11) is 0. The lowest BCUT2D eigenvalue weighted by Gasteiger charge is -2.13. The molecule has 0 fully saturated rings. The van der Waals surface area contributed by atoms with Gasteiger partial charge in [-0.15, -0.1) is 0 Å². The van der Waals surface area contributed by atoms with Crippen LogP contribution in [0.2, 0.25) is 0 Å². The van der Waals surface area contributed by atoms with Crippen LogP contribution in [0.25, 0.3) is 0 Å². The Morgan fingerprint density at radius 1 is 0.962 bits per heavy atom. The van der Waals surface area contributed by atoms with Gasteiger partial charge < -0.3 is 15.6 Å². The summed E-state index contributed by atoms with van der Waals surface area (Å²) in [6.07, 6.45) is -2.05. The second-order valence-electron chi connectivity index (χ2n) is 5.53. The molecule has 1 unspecified atom stereocenters. The molecule has 0 aromatic heterocycles. The number of nitrogens with two attached hydrogens (primary N) is 1. The Labute approximate surface area is 149 Å². The molecule has 0 saturated heterocycles. The maximum atomic E-state index is 12.2. The smallest absolute Gasteiger partial charge is 0.352 e. The molecule has 0 bridgehead atoms. The topological polar surface area (TPSA) is 131 Å². The predicted molar refractivity (Wildman–Crippen MR) is 94.5 cm³/mol. The highest BCUT2D eigenvalue weighted by Gasteiger charge is 2.28. The number of hydrogen-bond donors (Lipinski definition) is 3. The molecule has 4 N–H and O–H groups in total. The quantitative estimate of drug-likeness (QED) is 0.273. The first-order valence-electron chi connectivity index (χ1n) is 7.83. The Morgan fingerprint density at radius 2 is 1.54 bits per heavy atom. The van der Waals surface area contributed by atoms with Crippen molar-refractivity contribution in [3.63, 3.8) is 0 Å². The highest BCUT2D eigenvalue weighted by Crippen LogP contribution is 2.14. The van der Waals surface area contributed by atoms with Gasteiger partial charge in [0, 0.05) is 24.0 Å². The molecule has 0 aliphatic rings. The Bertz CT molecular complexity index is 816. The van der Waals surface area contributed by atoms with E-state index >= 15 is 0 Å². The summed E-state index contributed by atoms with van der Waals surface area (Å²) in [4.78, 5) is 35.6. The predicted octanol–water partition coefficient (Wildman–Crippen LogP) is 2.03. The van der Waals surface area contributed by atoms with Crippen LogP contribution >= 0.6 is 0 Å². The SMILES string of the molecule is N=C(N)c1ccc(C(=O)CCC(=O)C(Oc2ccccc2)C(=O)O)cc1. The fraction of sp³-hybridized carbons (Fsp3) is 0.158. The first-order chi connectivity index (χ1) is 12.4. The van der Waals surface area contributed by atoms with Crippen LogP contribution in [0, 0.1) is 5.41 Å². The number of para-hydroxylation sites is 1. The lowest BCUT2D eigenvalue weighted by atomic mass is 10.0. The van der Waals surface area contributed by atoms with Gasteiger partial charge in [0.2, 0.25) is 0 Å². The lowest BCUT2D eigenvalue weighted by molar-refractivity contribution is -0.150. The molecule has 1 atom stereocenters. The van der Waals surface area contributed by atoms with Crippen LogP contribution in [0.5, 0.6) is 5.75 Å². The van der Waals surface area contributed by atoms with Crippen molar-refractivity contribution in [2.45, 2.75) is 18.9 Å². The largest absolute Gasteiger partial charge is 0.478 e. The fourth-order valence-electron chi connectivity index (χ4n) is 2.24. The van der Waals surface area contributed by atoms with E-state index in [0.29, 0.717) is 11.1 Å². The van der Waals surface area contributed by atoms with Gasteiger partial charge in [0.25, 0.3) is 6.10 Å². The summed E-state index contributed by atoms with van der Waals surface area (Å²) in [6, 6.07) is 14.2. The van der Waals surface area contributed by atoms with Crippen LogP contribution in [-0.2, 0) is 9.59 Å². The Kier molecular flexibility index (Phi) is 6.21. The van der Waals surface area contributed by atoms with E-state index in [1.54, 1.807) is 30.3 Å². The molecule has 2 aromatic carbocycles. The zero-order valence-electron chi connectivity index (χ0n) is 13.8. The van der Waals surface area contributed by atoms with Gasteiger partial charge in [-0.05, 0) is 12.1 Å². The third-order valence-electron chi connectivity index (χ3n) is 3.63. The molecular formula is C19H18N2O5. The van der Waals surface area contributed by atoms with Gasteiger partial charge in [-0.2, -0.15) is 0 Å². The number of nitrogen functional groups attached to an aromatic ring is 1. The van der Waals surface area contributed by atoms with Gasteiger partial charge >= 0.3 is 5.97 Å². The third-order valence-corrected chi connectivity index (χ3v) is 3.63. The van der Waals surface area contributed by atoms with Crippen LogP contribution in [0.1, 0.15) is 28.8 Å². The van der Waals surface area contributed by atoms with E-state index < -0.39 is 17.9 Å². The van der Waals surface area contributed by atoms with Gasteiger partial charge in [-0.3, -0.25) is 15.0 Å². The number of Topliss-reactive ketones (excluding diaryl/α,β-unsaturated/α-hetero) is 2. The number of benzene rings is 2. The molecule has 0 aliphatic carbocycles. The van der Waals surface area contributed by atoms with Crippen molar-refractivity contribution in [3.05, 3.63) is 65.7 Å². The molecule has 2 aromatic rings. The number of amidine groups is 1.